The van der Waals surface area contributed by atoms with Crippen LogP contribution in [0.2, 0.25) is 0 Å². The Hall–Kier alpha value is -3.68. The number of pyridine rings is 1. The number of piperazine rings is 1. The maximum absolute atomic E-state index is 13.6. The van der Waals surface area contributed by atoms with Crippen LogP contribution in [0.1, 0.15) is 36.5 Å². The number of anilines is 1. The Morgan fingerprint density at radius 1 is 1.16 bits per heavy atom. The molecule has 37 heavy (non-hydrogen) atoms. The Bertz CT molecular complexity index is 1210. The number of carbonyl (C=O) groups is 2. The molecule has 10 heteroatoms. The number of hydrogen-bond donors (Lipinski definition) is 1. The van der Waals surface area contributed by atoms with Crippen molar-refractivity contribution in [1.29, 1.82) is 5.26 Å². The Morgan fingerprint density at radius 3 is 2.62 bits per heavy atom. The van der Waals surface area contributed by atoms with Crippen LogP contribution >= 0.6 is 0 Å². The number of nitriles is 1. The van der Waals surface area contributed by atoms with Gasteiger partial charge in [-0.3, -0.25) is 9.69 Å². The van der Waals surface area contributed by atoms with Gasteiger partial charge in [-0.15, -0.1) is 0 Å². The van der Waals surface area contributed by atoms with E-state index < -0.39 is 17.6 Å². The van der Waals surface area contributed by atoms with Gasteiger partial charge in [0.2, 0.25) is 11.5 Å². The van der Waals surface area contributed by atoms with Gasteiger partial charge in [-0.25, -0.2) is 9.78 Å². The molecule has 0 radical (unpaired) electrons. The lowest BCUT2D eigenvalue weighted by molar-refractivity contribution is -0.131. The average molecular weight is 505 g/mol. The summed E-state index contributed by atoms with van der Waals surface area (Å²) < 4.78 is 11.9. The second kappa shape index (κ2) is 10.4. The Balaban J connectivity index is 1.43. The Labute approximate surface area is 216 Å². The van der Waals surface area contributed by atoms with E-state index in [1.807, 2.05) is 6.92 Å². The molecule has 2 saturated heterocycles. The fourth-order valence-corrected chi connectivity index (χ4v) is 5.51. The number of nitrogens with zero attached hydrogens (tertiary/aromatic N) is 5. The van der Waals surface area contributed by atoms with Gasteiger partial charge in [0.05, 0.1) is 23.8 Å². The normalized spacial score (nSPS) is 22.7. The summed E-state index contributed by atoms with van der Waals surface area (Å²) in [6.07, 6.45) is 3.23. The number of fused-ring (bicyclic) bond motifs is 1. The lowest BCUT2D eigenvalue weighted by atomic mass is 9.87. The van der Waals surface area contributed by atoms with E-state index in [4.69, 9.17) is 9.47 Å². The minimum absolute atomic E-state index is 0.204. The summed E-state index contributed by atoms with van der Waals surface area (Å²) >= 11 is 0. The quantitative estimate of drug-likeness (QED) is 0.661. The summed E-state index contributed by atoms with van der Waals surface area (Å²) in [5.74, 6) is -0.319. The summed E-state index contributed by atoms with van der Waals surface area (Å²) in [4.78, 5) is 38.0. The standard InChI is InChI=1S/C27H32N6O4/c1-3-36-24-21(5-4-10-29-24)27(22-17-19(18-28)6-7-23(22)30-25(27)34)37-26(35)33-15-13-32(14-16-33)20-8-11-31(2)12-9-20/h4-7,10,17,20H,3,8-9,11-16H2,1-2H3,(H,30,34). The molecule has 0 spiro atoms. The van der Waals surface area contributed by atoms with Gasteiger partial charge in [0.1, 0.15) is 0 Å². The molecule has 10 nitrogen and oxygen atoms in total. The lowest BCUT2D eigenvalue weighted by Gasteiger charge is -2.42. The minimum atomic E-state index is -1.83. The van der Waals surface area contributed by atoms with Crippen molar-refractivity contribution in [1.82, 2.24) is 19.7 Å². The molecule has 5 rings (SSSR count). The summed E-state index contributed by atoms with van der Waals surface area (Å²) in [6.45, 7) is 6.85. The number of carbonyl (C=O) groups excluding carboxylic acids is 2. The molecule has 1 N–H and O–H groups in total. The molecule has 3 aliphatic rings. The van der Waals surface area contributed by atoms with Crippen LogP contribution in [0.4, 0.5) is 10.5 Å². The molecule has 194 valence electrons. The van der Waals surface area contributed by atoms with E-state index in [0.29, 0.717) is 48.1 Å². The number of hydrogen-bond acceptors (Lipinski definition) is 8. The molecule has 0 bridgehead atoms. The van der Waals surface area contributed by atoms with Crippen molar-refractivity contribution in [3.05, 3.63) is 53.2 Å². The van der Waals surface area contributed by atoms with Crippen LogP contribution in [0.25, 0.3) is 0 Å². The van der Waals surface area contributed by atoms with E-state index in [9.17, 15) is 14.9 Å². The Kier molecular flexibility index (Phi) is 7.00. The molecule has 1 atom stereocenters. The monoisotopic (exact) mass is 504 g/mol. The minimum Gasteiger partial charge on any atom is -0.478 e. The first-order valence-corrected chi connectivity index (χ1v) is 12.8. The number of amides is 2. The van der Waals surface area contributed by atoms with Crippen molar-refractivity contribution in [2.75, 3.05) is 58.2 Å². The topological polar surface area (TPSA) is 111 Å². The molecule has 1 unspecified atom stereocenters. The molecular weight excluding hydrogens is 472 g/mol. The molecular formula is C27H32N6O4. The van der Waals surface area contributed by atoms with Crippen molar-refractivity contribution >= 4 is 17.7 Å². The van der Waals surface area contributed by atoms with Crippen LogP contribution in [-0.2, 0) is 15.1 Å². The highest BCUT2D eigenvalue weighted by molar-refractivity contribution is 6.09. The smallest absolute Gasteiger partial charge is 0.411 e. The average Bonchev–Trinajstić information content (AvgIpc) is 3.20. The number of likely N-dealkylation sites (tertiary alicyclic amines) is 1. The molecule has 4 heterocycles. The highest BCUT2D eigenvalue weighted by atomic mass is 16.6. The molecule has 3 aliphatic heterocycles. The number of rotatable bonds is 5. The summed E-state index contributed by atoms with van der Waals surface area (Å²) in [6, 6.07) is 10.8. The Morgan fingerprint density at radius 2 is 1.92 bits per heavy atom. The van der Waals surface area contributed by atoms with E-state index in [0.717, 1.165) is 39.0 Å². The van der Waals surface area contributed by atoms with Crippen LogP contribution in [-0.4, -0.2) is 90.6 Å². The maximum atomic E-state index is 13.6. The third-order valence-corrected chi connectivity index (χ3v) is 7.54. The summed E-state index contributed by atoms with van der Waals surface area (Å²) in [5.41, 5.74) is -0.284. The second-order valence-electron chi connectivity index (χ2n) is 9.72. The molecule has 0 saturated carbocycles. The molecule has 1 aromatic heterocycles. The number of piperidine rings is 1. The third kappa shape index (κ3) is 4.61. The zero-order chi connectivity index (χ0) is 26.0. The summed E-state index contributed by atoms with van der Waals surface area (Å²) in [7, 11) is 2.15. The first-order chi connectivity index (χ1) is 18.0. The van der Waals surface area contributed by atoms with E-state index in [1.54, 1.807) is 41.4 Å². The van der Waals surface area contributed by atoms with Gasteiger partial charge in [-0.05, 0) is 70.2 Å². The highest BCUT2D eigenvalue weighted by Gasteiger charge is 2.55. The van der Waals surface area contributed by atoms with Crippen molar-refractivity contribution in [3.63, 3.8) is 0 Å². The van der Waals surface area contributed by atoms with Crippen molar-refractivity contribution in [3.8, 4) is 11.9 Å². The van der Waals surface area contributed by atoms with Gasteiger partial charge in [0.15, 0.2) is 0 Å². The number of ether oxygens (including phenoxy) is 2. The molecule has 0 aliphatic carbocycles. The van der Waals surface area contributed by atoms with Gasteiger partial charge in [0.25, 0.3) is 5.91 Å². The largest absolute Gasteiger partial charge is 0.478 e. The fourth-order valence-electron chi connectivity index (χ4n) is 5.51. The number of benzene rings is 1. The van der Waals surface area contributed by atoms with Gasteiger partial charge < -0.3 is 24.6 Å². The number of aromatic nitrogens is 1. The van der Waals surface area contributed by atoms with E-state index in [2.05, 4.69) is 33.2 Å². The zero-order valence-corrected chi connectivity index (χ0v) is 21.3. The molecule has 2 fully saturated rings. The van der Waals surface area contributed by atoms with E-state index >= 15 is 0 Å². The summed E-state index contributed by atoms with van der Waals surface area (Å²) in [5, 5.41) is 12.4. The van der Waals surface area contributed by atoms with Crippen LogP contribution in [0, 0.1) is 11.3 Å². The van der Waals surface area contributed by atoms with Gasteiger partial charge in [0, 0.05) is 49.7 Å². The van der Waals surface area contributed by atoms with Crippen LogP contribution in [0.15, 0.2) is 36.5 Å². The van der Waals surface area contributed by atoms with Crippen LogP contribution in [0.3, 0.4) is 0 Å². The molecule has 2 aromatic rings. The first-order valence-electron chi connectivity index (χ1n) is 12.8. The van der Waals surface area contributed by atoms with E-state index in [1.165, 1.54) is 0 Å². The third-order valence-electron chi connectivity index (χ3n) is 7.54. The predicted molar refractivity (Wildman–Crippen MR) is 136 cm³/mol. The fraction of sp³-hybridized carbons (Fsp3) is 0.481. The van der Waals surface area contributed by atoms with Crippen molar-refractivity contribution < 1.29 is 19.1 Å². The first kappa shape index (κ1) is 25.0. The van der Waals surface area contributed by atoms with Gasteiger partial charge in [-0.1, -0.05) is 0 Å². The number of nitrogens with one attached hydrogen (secondary N) is 1. The van der Waals surface area contributed by atoms with Gasteiger partial charge in [-0.2, -0.15) is 5.26 Å². The molecule has 2 amide bonds. The highest BCUT2D eigenvalue weighted by Crippen LogP contribution is 2.47. The molecule has 1 aromatic carbocycles. The van der Waals surface area contributed by atoms with Crippen molar-refractivity contribution in [2.24, 2.45) is 0 Å². The van der Waals surface area contributed by atoms with Gasteiger partial charge >= 0.3 is 6.09 Å². The predicted octanol–water partition coefficient (Wildman–Crippen LogP) is 2.40. The lowest BCUT2D eigenvalue weighted by Crippen LogP contribution is -2.55. The SMILES string of the molecule is CCOc1ncccc1C1(OC(=O)N2CCN(C3CCN(C)CC3)CC2)C(=O)Nc2ccc(C#N)cc21. The van der Waals surface area contributed by atoms with Crippen LogP contribution < -0.4 is 10.1 Å². The van der Waals surface area contributed by atoms with E-state index in [-0.39, 0.29) is 5.88 Å². The maximum Gasteiger partial charge on any atom is 0.411 e. The second-order valence-corrected chi connectivity index (χ2v) is 9.72. The van der Waals surface area contributed by atoms with Crippen molar-refractivity contribution in [2.45, 2.75) is 31.4 Å². The van der Waals surface area contributed by atoms with Crippen LogP contribution in [0.5, 0.6) is 5.88 Å². The zero-order valence-electron chi connectivity index (χ0n) is 21.3.